The molecule has 0 saturated heterocycles. The first-order chi connectivity index (χ1) is 13.5. The lowest BCUT2D eigenvalue weighted by Gasteiger charge is -2.14. The first-order valence-electron chi connectivity index (χ1n) is 8.77. The van der Waals surface area contributed by atoms with Gasteiger partial charge < -0.3 is 16.8 Å². The predicted octanol–water partition coefficient (Wildman–Crippen LogP) is 3.22. The van der Waals surface area contributed by atoms with Crippen LogP contribution in [0.2, 0.25) is 0 Å². The summed E-state index contributed by atoms with van der Waals surface area (Å²) in [7, 11) is 0. The molecule has 3 aromatic rings. The number of benzene rings is 3. The first kappa shape index (κ1) is 17.5. The Morgan fingerprint density at radius 1 is 0.929 bits per heavy atom. The van der Waals surface area contributed by atoms with Crippen LogP contribution in [-0.2, 0) is 4.79 Å². The van der Waals surface area contributed by atoms with Gasteiger partial charge in [-0.15, -0.1) is 0 Å². The molecule has 6 nitrogen and oxygen atoms in total. The molecule has 0 radical (unpaired) electrons. The first-order valence-corrected chi connectivity index (χ1v) is 8.77. The number of primary amides is 1. The summed E-state index contributed by atoms with van der Waals surface area (Å²) in [6.45, 7) is 0. The number of nitrogens with zero attached hydrogens (tertiary/aromatic N) is 1. The number of anilines is 2. The molecule has 28 heavy (non-hydrogen) atoms. The van der Waals surface area contributed by atoms with E-state index in [-0.39, 0.29) is 5.91 Å². The van der Waals surface area contributed by atoms with Gasteiger partial charge in [-0.25, -0.2) is 0 Å². The number of aliphatic imine (C=N–C) groups is 1. The van der Waals surface area contributed by atoms with E-state index in [1.165, 1.54) is 0 Å². The number of nitrogen functional groups attached to an aromatic ring is 1. The van der Waals surface area contributed by atoms with Gasteiger partial charge in [-0.1, -0.05) is 36.4 Å². The molecule has 138 valence electrons. The maximum absolute atomic E-state index is 12.8. The maximum Gasteiger partial charge on any atom is 0.248 e. The van der Waals surface area contributed by atoms with Crippen LogP contribution in [0.5, 0.6) is 0 Å². The molecular formula is C22H18N4O2. The topological polar surface area (TPSA) is 111 Å². The van der Waals surface area contributed by atoms with Crippen molar-refractivity contribution in [3.05, 3.63) is 89.5 Å². The molecule has 6 heteroatoms. The molecule has 4 rings (SSSR count). The zero-order chi connectivity index (χ0) is 19.7. The Balaban J connectivity index is 1.85. The summed E-state index contributed by atoms with van der Waals surface area (Å²) in [5.74, 6) is -1.34. The third-order valence-corrected chi connectivity index (χ3v) is 4.65. The van der Waals surface area contributed by atoms with Crippen LogP contribution < -0.4 is 16.8 Å². The molecule has 0 aliphatic carbocycles. The van der Waals surface area contributed by atoms with Gasteiger partial charge >= 0.3 is 0 Å². The van der Waals surface area contributed by atoms with Gasteiger partial charge in [0, 0.05) is 16.9 Å². The summed E-state index contributed by atoms with van der Waals surface area (Å²) in [4.78, 5) is 29.1. The van der Waals surface area contributed by atoms with Crippen LogP contribution in [0, 0.1) is 0 Å². The molecule has 3 aromatic carbocycles. The second-order valence-electron chi connectivity index (χ2n) is 6.54. The van der Waals surface area contributed by atoms with Crippen molar-refractivity contribution in [1.29, 1.82) is 0 Å². The summed E-state index contributed by atoms with van der Waals surface area (Å²) < 4.78 is 0. The van der Waals surface area contributed by atoms with E-state index in [1.54, 1.807) is 30.3 Å². The molecule has 0 bridgehead atoms. The zero-order valence-electron chi connectivity index (χ0n) is 14.9. The molecule has 0 spiro atoms. The second-order valence-corrected chi connectivity index (χ2v) is 6.54. The Bertz CT molecular complexity index is 1090. The van der Waals surface area contributed by atoms with E-state index in [9.17, 15) is 9.59 Å². The van der Waals surface area contributed by atoms with E-state index in [0.29, 0.717) is 28.3 Å². The minimum Gasteiger partial charge on any atom is -0.399 e. The number of hydrogen-bond donors (Lipinski definition) is 3. The minimum atomic E-state index is -0.600. The number of carbonyl (C=O) groups excluding carboxylic acids is 2. The van der Waals surface area contributed by atoms with Crippen molar-refractivity contribution in [2.75, 3.05) is 11.1 Å². The number of rotatable bonds is 4. The number of nitrogens with two attached hydrogens (primary N) is 2. The number of carbonyl (C=O) groups is 2. The minimum absolute atomic E-state index is 0.199. The van der Waals surface area contributed by atoms with Crippen LogP contribution in [-0.4, -0.2) is 17.5 Å². The number of nitrogens with one attached hydrogen (secondary N) is 1. The van der Waals surface area contributed by atoms with Crippen LogP contribution in [0.25, 0.3) is 0 Å². The SMILES string of the molecule is NC(=O)c1ccc2c(c1)NC(=O)C2C(=Nc1ccc(N)cc1)c1ccccc1. The fourth-order valence-electron chi connectivity index (χ4n) is 3.28. The molecule has 5 N–H and O–H groups in total. The van der Waals surface area contributed by atoms with E-state index < -0.39 is 11.8 Å². The van der Waals surface area contributed by atoms with Crippen molar-refractivity contribution in [3.63, 3.8) is 0 Å². The summed E-state index contributed by atoms with van der Waals surface area (Å²) >= 11 is 0. The van der Waals surface area contributed by atoms with Crippen LogP contribution in [0.1, 0.15) is 27.4 Å². The Morgan fingerprint density at radius 2 is 1.64 bits per heavy atom. The van der Waals surface area contributed by atoms with Gasteiger partial charge in [0.15, 0.2) is 0 Å². The quantitative estimate of drug-likeness (QED) is 0.484. The summed E-state index contributed by atoms with van der Waals surface area (Å²) in [5.41, 5.74) is 15.6. The Labute approximate surface area is 161 Å². The fraction of sp³-hybridized carbons (Fsp3) is 0.0455. The predicted molar refractivity (Wildman–Crippen MR) is 110 cm³/mol. The maximum atomic E-state index is 12.8. The molecule has 1 atom stereocenters. The van der Waals surface area contributed by atoms with Gasteiger partial charge in [0.2, 0.25) is 11.8 Å². The smallest absolute Gasteiger partial charge is 0.248 e. The van der Waals surface area contributed by atoms with E-state index in [4.69, 9.17) is 16.5 Å². The highest BCUT2D eigenvalue weighted by molar-refractivity contribution is 6.24. The van der Waals surface area contributed by atoms with Crippen molar-refractivity contribution in [2.24, 2.45) is 10.7 Å². The highest BCUT2D eigenvalue weighted by Gasteiger charge is 2.35. The Hall–Kier alpha value is -3.93. The van der Waals surface area contributed by atoms with Gasteiger partial charge in [-0.3, -0.25) is 14.6 Å². The standard InChI is InChI=1S/C22H18N4O2/c23-15-7-9-16(10-8-15)25-20(13-4-2-1-3-5-13)19-17-11-6-14(21(24)27)12-18(17)26-22(19)28/h1-12,19H,23H2,(H2,24,27)(H,26,28). The third-order valence-electron chi connectivity index (χ3n) is 4.65. The number of hydrogen-bond acceptors (Lipinski definition) is 4. The second kappa shape index (κ2) is 7.00. The van der Waals surface area contributed by atoms with Crippen molar-refractivity contribution in [2.45, 2.75) is 5.92 Å². The molecule has 1 aliphatic heterocycles. The fourth-order valence-corrected chi connectivity index (χ4v) is 3.28. The Kier molecular flexibility index (Phi) is 4.37. The van der Waals surface area contributed by atoms with Gasteiger partial charge in [-0.2, -0.15) is 0 Å². The summed E-state index contributed by atoms with van der Waals surface area (Å²) in [5, 5.41) is 2.84. The highest BCUT2D eigenvalue weighted by Crippen LogP contribution is 2.36. The van der Waals surface area contributed by atoms with Crippen molar-refractivity contribution < 1.29 is 9.59 Å². The lowest BCUT2D eigenvalue weighted by atomic mass is 9.90. The molecular weight excluding hydrogens is 352 g/mol. The molecule has 1 unspecified atom stereocenters. The van der Waals surface area contributed by atoms with Crippen LogP contribution >= 0.6 is 0 Å². The molecule has 1 heterocycles. The Morgan fingerprint density at radius 3 is 2.32 bits per heavy atom. The zero-order valence-corrected chi connectivity index (χ0v) is 14.9. The summed E-state index contributed by atoms with van der Waals surface area (Å²) in [6, 6.07) is 21.7. The van der Waals surface area contributed by atoms with Crippen LogP contribution in [0.3, 0.4) is 0 Å². The van der Waals surface area contributed by atoms with Gasteiger partial charge in [0.25, 0.3) is 0 Å². The third kappa shape index (κ3) is 3.23. The molecule has 2 amide bonds. The monoisotopic (exact) mass is 370 g/mol. The average Bonchev–Trinajstić information content (AvgIpc) is 3.03. The van der Waals surface area contributed by atoms with Gasteiger partial charge in [0.1, 0.15) is 5.92 Å². The van der Waals surface area contributed by atoms with Crippen molar-refractivity contribution >= 4 is 34.6 Å². The van der Waals surface area contributed by atoms with E-state index >= 15 is 0 Å². The average molecular weight is 370 g/mol. The van der Waals surface area contributed by atoms with E-state index in [0.717, 1.165) is 11.1 Å². The van der Waals surface area contributed by atoms with Gasteiger partial charge in [-0.05, 0) is 47.5 Å². The molecule has 0 fully saturated rings. The van der Waals surface area contributed by atoms with Crippen molar-refractivity contribution in [1.82, 2.24) is 0 Å². The summed E-state index contributed by atoms with van der Waals surface area (Å²) in [6.07, 6.45) is 0. The highest BCUT2D eigenvalue weighted by atomic mass is 16.2. The van der Waals surface area contributed by atoms with Gasteiger partial charge in [0.05, 0.1) is 11.4 Å². The lowest BCUT2D eigenvalue weighted by molar-refractivity contribution is -0.115. The largest absolute Gasteiger partial charge is 0.399 e. The molecule has 0 aromatic heterocycles. The van der Waals surface area contributed by atoms with Crippen LogP contribution in [0.4, 0.5) is 17.1 Å². The van der Waals surface area contributed by atoms with E-state index in [2.05, 4.69) is 5.32 Å². The number of fused-ring (bicyclic) bond motifs is 1. The van der Waals surface area contributed by atoms with Crippen molar-refractivity contribution in [3.8, 4) is 0 Å². The van der Waals surface area contributed by atoms with E-state index in [1.807, 2.05) is 42.5 Å². The number of amides is 2. The molecule has 0 saturated carbocycles. The normalized spacial score (nSPS) is 15.8. The lowest BCUT2D eigenvalue weighted by Crippen LogP contribution is -2.21. The molecule has 1 aliphatic rings. The van der Waals surface area contributed by atoms with Crippen LogP contribution in [0.15, 0.2) is 77.8 Å².